The molecule has 2 rings (SSSR count). The zero-order valence-corrected chi connectivity index (χ0v) is 15.4. The Bertz CT molecular complexity index is 652. The molecule has 8 nitrogen and oxygen atoms in total. The van der Waals surface area contributed by atoms with Crippen molar-refractivity contribution >= 4 is 5.78 Å². The molecule has 0 bridgehead atoms. The molecular weight excluding hydrogens is 338 g/mol. The first-order chi connectivity index (χ1) is 12.4. The number of hydrazine groups is 1. The minimum Gasteiger partial charge on any atom is -0.347 e. The van der Waals surface area contributed by atoms with Crippen LogP contribution in [0.25, 0.3) is 0 Å². The zero-order chi connectivity index (χ0) is 19.3. The van der Waals surface area contributed by atoms with Crippen LogP contribution >= 0.6 is 0 Å². The molecule has 0 saturated carbocycles. The summed E-state index contributed by atoms with van der Waals surface area (Å²) in [5.74, 6) is -2.96. The van der Waals surface area contributed by atoms with E-state index < -0.39 is 29.6 Å². The lowest BCUT2D eigenvalue weighted by atomic mass is 9.83. The normalized spacial score (nSPS) is 18.2. The molecule has 142 valence electrons. The molecule has 0 fully saturated rings. The highest BCUT2D eigenvalue weighted by Gasteiger charge is 2.54. The van der Waals surface area contributed by atoms with Crippen molar-refractivity contribution in [1.29, 1.82) is 0 Å². The van der Waals surface area contributed by atoms with Crippen molar-refractivity contribution in [3.05, 3.63) is 58.3 Å². The van der Waals surface area contributed by atoms with E-state index in [0.717, 1.165) is 5.56 Å². The van der Waals surface area contributed by atoms with Gasteiger partial charge in [0, 0.05) is 38.8 Å². The van der Waals surface area contributed by atoms with Crippen LogP contribution in [0.1, 0.15) is 25.5 Å². The fourth-order valence-electron chi connectivity index (χ4n) is 3.63. The number of rotatable bonds is 9. The molecule has 3 unspecified atom stereocenters. The maximum Gasteiger partial charge on any atom is 0.242 e. The molecule has 1 aromatic carbocycles. The molecule has 1 N–H and O–H groups in total. The fourth-order valence-corrected chi connectivity index (χ4v) is 3.63. The first-order valence-corrected chi connectivity index (χ1v) is 8.36. The molecule has 1 aromatic rings. The van der Waals surface area contributed by atoms with Gasteiger partial charge in [0.2, 0.25) is 11.8 Å². The second-order valence-electron chi connectivity index (χ2n) is 6.24. The molecule has 1 aliphatic rings. The number of carbonyl (C=O) groups excluding carboxylic acids is 1. The van der Waals surface area contributed by atoms with Gasteiger partial charge in [0.05, 0.1) is 5.92 Å². The quantitative estimate of drug-likeness (QED) is 0.407. The third kappa shape index (κ3) is 3.62. The van der Waals surface area contributed by atoms with E-state index >= 15 is 0 Å². The van der Waals surface area contributed by atoms with Crippen LogP contribution in [-0.4, -0.2) is 48.3 Å². The number of nitrogens with zero attached hydrogens (tertiary/aromatic N) is 2. The third-order valence-electron chi connectivity index (χ3n) is 4.91. The molecule has 3 atom stereocenters. The van der Waals surface area contributed by atoms with Crippen LogP contribution in [0.15, 0.2) is 42.6 Å². The fraction of sp³-hybridized carbons (Fsp3) is 0.500. The van der Waals surface area contributed by atoms with Crippen molar-refractivity contribution in [2.45, 2.75) is 31.7 Å². The number of hydrogen-bond acceptors (Lipinski definition) is 7. The lowest BCUT2D eigenvalue weighted by Gasteiger charge is -2.39. The number of benzene rings is 1. The van der Waals surface area contributed by atoms with Crippen LogP contribution in [0, 0.1) is 16.0 Å². The van der Waals surface area contributed by atoms with Gasteiger partial charge >= 0.3 is 0 Å². The Hall–Kier alpha value is -2.29. The van der Waals surface area contributed by atoms with E-state index in [-0.39, 0.29) is 4.92 Å². The van der Waals surface area contributed by atoms with E-state index in [4.69, 9.17) is 9.47 Å². The SMILES string of the molecule is COC(OC)(C(C)=O)C(C)C(C(c1ccccc1)N1CC=CN1)[N+](=O)[O-]. The van der Waals surface area contributed by atoms with Gasteiger partial charge in [0.15, 0.2) is 5.78 Å². The minimum atomic E-state index is -1.70. The molecule has 26 heavy (non-hydrogen) atoms. The first-order valence-electron chi connectivity index (χ1n) is 8.36. The van der Waals surface area contributed by atoms with Crippen molar-refractivity contribution in [3.63, 3.8) is 0 Å². The van der Waals surface area contributed by atoms with Gasteiger partial charge in [-0.15, -0.1) is 0 Å². The average Bonchev–Trinajstić information content (AvgIpc) is 3.15. The monoisotopic (exact) mass is 363 g/mol. The Labute approximate surface area is 152 Å². The number of Topliss-reactive ketones (excluding diaryl/α,β-unsaturated/α-hetero) is 1. The predicted octanol–water partition coefficient (Wildman–Crippen LogP) is 1.92. The Morgan fingerprint density at radius 3 is 2.35 bits per heavy atom. The number of methoxy groups -OCH3 is 2. The highest BCUT2D eigenvalue weighted by Crippen LogP contribution is 2.37. The van der Waals surface area contributed by atoms with E-state index in [1.807, 2.05) is 36.4 Å². The Balaban J connectivity index is 2.53. The topological polar surface area (TPSA) is 93.9 Å². The summed E-state index contributed by atoms with van der Waals surface area (Å²) < 4.78 is 10.7. The second-order valence-corrected chi connectivity index (χ2v) is 6.24. The molecular formula is C18H25N3O5. The Kier molecular flexibility index (Phi) is 6.47. The van der Waals surface area contributed by atoms with Gasteiger partial charge in [-0.1, -0.05) is 43.3 Å². The molecule has 0 aromatic heterocycles. The van der Waals surface area contributed by atoms with Crippen LogP contribution in [-0.2, 0) is 14.3 Å². The standard InChI is InChI=1S/C18H25N3O5/c1-13(18(25-3,26-4)14(2)22)16(21(23)24)17(20-12-8-11-19-20)15-9-6-5-7-10-15/h5-11,13,16-17,19H,12H2,1-4H3. The van der Waals surface area contributed by atoms with Crippen molar-refractivity contribution in [2.24, 2.45) is 5.92 Å². The zero-order valence-electron chi connectivity index (χ0n) is 15.4. The number of carbonyl (C=O) groups is 1. The van der Waals surface area contributed by atoms with Crippen LogP contribution < -0.4 is 5.43 Å². The van der Waals surface area contributed by atoms with Crippen molar-refractivity contribution < 1.29 is 19.2 Å². The number of nitro groups is 1. The van der Waals surface area contributed by atoms with Crippen molar-refractivity contribution in [3.8, 4) is 0 Å². The number of nitrogens with one attached hydrogen (secondary N) is 1. The first kappa shape index (κ1) is 20.0. The molecule has 8 heteroatoms. The maximum absolute atomic E-state index is 12.3. The van der Waals surface area contributed by atoms with E-state index in [1.165, 1.54) is 21.1 Å². The van der Waals surface area contributed by atoms with Gasteiger partial charge in [-0.3, -0.25) is 14.9 Å². The molecule has 1 aliphatic heterocycles. The molecule has 0 saturated heterocycles. The molecule has 0 radical (unpaired) electrons. The summed E-state index contributed by atoms with van der Waals surface area (Å²) in [4.78, 5) is 24.0. The average molecular weight is 363 g/mol. The maximum atomic E-state index is 12.3. The number of ketones is 1. The van der Waals surface area contributed by atoms with E-state index in [2.05, 4.69) is 5.43 Å². The van der Waals surface area contributed by atoms with Crippen LogP contribution in [0.2, 0.25) is 0 Å². The van der Waals surface area contributed by atoms with E-state index in [1.54, 1.807) is 18.1 Å². The van der Waals surface area contributed by atoms with Crippen molar-refractivity contribution in [1.82, 2.24) is 10.4 Å². The third-order valence-corrected chi connectivity index (χ3v) is 4.91. The van der Waals surface area contributed by atoms with Gasteiger partial charge in [-0.25, -0.2) is 5.01 Å². The largest absolute Gasteiger partial charge is 0.347 e. The summed E-state index contributed by atoms with van der Waals surface area (Å²) in [7, 11) is 2.65. The lowest BCUT2D eigenvalue weighted by molar-refractivity contribution is -0.549. The van der Waals surface area contributed by atoms with Gasteiger partial charge in [0.25, 0.3) is 0 Å². The van der Waals surface area contributed by atoms with Crippen molar-refractivity contribution in [2.75, 3.05) is 20.8 Å². The number of ether oxygens (including phenoxy) is 2. The lowest BCUT2D eigenvalue weighted by Crippen LogP contribution is -2.57. The predicted molar refractivity (Wildman–Crippen MR) is 95.5 cm³/mol. The summed E-state index contributed by atoms with van der Waals surface area (Å²) in [6.07, 6.45) is 3.62. The Morgan fingerprint density at radius 2 is 1.92 bits per heavy atom. The van der Waals surface area contributed by atoms with Gasteiger partial charge < -0.3 is 14.9 Å². The summed E-state index contributed by atoms with van der Waals surface area (Å²) in [5.41, 5.74) is 3.81. The minimum absolute atomic E-state index is 0.363. The highest BCUT2D eigenvalue weighted by atomic mass is 16.7. The smallest absolute Gasteiger partial charge is 0.242 e. The summed E-state index contributed by atoms with van der Waals surface area (Å²) in [6, 6.07) is 7.40. The van der Waals surface area contributed by atoms with Gasteiger partial charge in [0.1, 0.15) is 6.04 Å². The van der Waals surface area contributed by atoms with E-state index in [9.17, 15) is 14.9 Å². The van der Waals surface area contributed by atoms with Crippen LogP contribution in [0.4, 0.5) is 0 Å². The molecule has 0 amide bonds. The van der Waals surface area contributed by atoms with Crippen LogP contribution in [0.3, 0.4) is 0 Å². The van der Waals surface area contributed by atoms with E-state index in [0.29, 0.717) is 6.54 Å². The Morgan fingerprint density at radius 1 is 1.31 bits per heavy atom. The van der Waals surface area contributed by atoms with Gasteiger partial charge in [-0.2, -0.15) is 0 Å². The van der Waals surface area contributed by atoms with Crippen LogP contribution in [0.5, 0.6) is 0 Å². The molecule has 0 aliphatic carbocycles. The molecule has 0 spiro atoms. The summed E-state index contributed by atoms with van der Waals surface area (Å²) in [5, 5.41) is 13.9. The number of hydrogen-bond donors (Lipinski definition) is 1. The second kappa shape index (κ2) is 8.39. The molecule has 1 heterocycles. The summed E-state index contributed by atoms with van der Waals surface area (Å²) >= 11 is 0. The van der Waals surface area contributed by atoms with Gasteiger partial charge in [-0.05, 0) is 5.56 Å². The summed E-state index contributed by atoms with van der Waals surface area (Å²) in [6.45, 7) is 3.43. The highest BCUT2D eigenvalue weighted by molar-refractivity contribution is 5.83.